The molecule has 6 heteroatoms. The molecule has 144 valence electrons. The molecule has 0 saturated carbocycles. The van der Waals surface area contributed by atoms with Crippen molar-refractivity contribution in [2.45, 2.75) is 23.9 Å². The normalized spacial score (nSPS) is 17.3. The monoisotopic (exact) mass is 389 g/mol. The predicted octanol–water partition coefficient (Wildman–Crippen LogP) is 2.08. The van der Waals surface area contributed by atoms with E-state index in [2.05, 4.69) is 17.4 Å². The highest BCUT2D eigenvalue weighted by Gasteiger charge is 2.32. The third kappa shape index (κ3) is 5.54. The summed E-state index contributed by atoms with van der Waals surface area (Å²) in [5.74, 6) is -0.168. The summed E-state index contributed by atoms with van der Waals surface area (Å²) in [5, 5.41) is 3.12. The summed E-state index contributed by atoms with van der Waals surface area (Å²) in [6.07, 6.45) is 0. The topological polar surface area (TPSA) is 42.8 Å². The first-order chi connectivity index (χ1) is 13.1. The lowest BCUT2D eigenvalue weighted by Crippen LogP contribution is -3.15. The van der Waals surface area contributed by atoms with Crippen LogP contribution < -0.4 is 10.2 Å². The lowest BCUT2D eigenvalue weighted by molar-refractivity contribution is -0.940. The molecule has 1 heterocycles. The van der Waals surface area contributed by atoms with Gasteiger partial charge < -0.3 is 15.0 Å². The number of morpholine rings is 1. The summed E-state index contributed by atoms with van der Waals surface area (Å²) in [4.78, 5) is 14.4. The smallest absolute Gasteiger partial charge is 0.230 e. The maximum absolute atomic E-state index is 13.7. The zero-order valence-electron chi connectivity index (χ0n) is 15.5. The number of rotatable bonds is 7. The number of amides is 1. The molecule has 0 radical (unpaired) electrons. The van der Waals surface area contributed by atoms with E-state index < -0.39 is 0 Å². The van der Waals surface area contributed by atoms with Gasteiger partial charge in [-0.3, -0.25) is 4.79 Å². The summed E-state index contributed by atoms with van der Waals surface area (Å²) in [5.41, 5.74) is 1.21. The molecule has 1 saturated heterocycles. The van der Waals surface area contributed by atoms with Crippen molar-refractivity contribution < 1.29 is 18.8 Å². The van der Waals surface area contributed by atoms with Gasteiger partial charge in [0.2, 0.25) is 5.91 Å². The van der Waals surface area contributed by atoms with Gasteiger partial charge in [0.05, 0.1) is 25.0 Å². The van der Waals surface area contributed by atoms with Crippen LogP contribution in [0.25, 0.3) is 0 Å². The highest BCUT2D eigenvalue weighted by molar-refractivity contribution is 8.00. The molecule has 2 N–H and O–H groups in total. The molecule has 2 aromatic carbocycles. The van der Waals surface area contributed by atoms with Gasteiger partial charge in [0, 0.05) is 10.5 Å². The first-order valence-electron chi connectivity index (χ1n) is 9.29. The lowest BCUT2D eigenvalue weighted by atomic mass is 9.98. The van der Waals surface area contributed by atoms with E-state index in [0.717, 1.165) is 26.3 Å². The Kier molecular flexibility index (Phi) is 7.26. The molecule has 0 aliphatic carbocycles. The quantitative estimate of drug-likeness (QED) is 0.713. The summed E-state index contributed by atoms with van der Waals surface area (Å²) < 4.78 is 19.2. The molecule has 0 unspecified atom stereocenters. The molecule has 1 fully saturated rings. The van der Waals surface area contributed by atoms with Gasteiger partial charge in [0.15, 0.2) is 0 Å². The fourth-order valence-corrected chi connectivity index (χ4v) is 4.32. The van der Waals surface area contributed by atoms with Crippen LogP contribution in [-0.4, -0.2) is 44.0 Å². The summed E-state index contributed by atoms with van der Waals surface area (Å²) >= 11 is 1.23. The minimum atomic E-state index is -0.289. The minimum Gasteiger partial charge on any atom is -0.370 e. The zero-order chi connectivity index (χ0) is 19.1. The van der Waals surface area contributed by atoms with Crippen LogP contribution in [0.4, 0.5) is 4.39 Å². The second-order valence-corrected chi connectivity index (χ2v) is 7.75. The Bertz CT molecular complexity index is 738. The Morgan fingerprint density at radius 1 is 1.15 bits per heavy atom. The fraction of sp³-hybridized carbons (Fsp3) is 0.381. The maximum atomic E-state index is 13.7. The van der Waals surface area contributed by atoms with Crippen molar-refractivity contribution in [1.29, 1.82) is 0 Å². The zero-order valence-corrected chi connectivity index (χ0v) is 16.3. The number of halogens is 1. The SMILES string of the molecule is C[C@@H](NC(=O)CSc1ccccc1F)[C@H](c1ccccc1)[NH+]1CCOCC1. The molecular formula is C21H26FN2O2S+. The molecule has 0 spiro atoms. The van der Waals surface area contributed by atoms with Crippen molar-refractivity contribution >= 4 is 17.7 Å². The van der Waals surface area contributed by atoms with E-state index in [0.29, 0.717) is 4.90 Å². The maximum Gasteiger partial charge on any atom is 0.230 e. The largest absolute Gasteiger partial charge is 0.370 e. The van der Waals surface area contributed by atoms with E-state index in [4.69, 9.17) is 4.74 Å². The third-order valence-corrected chi connectivity index (χ3v) is 5.87. The molecule has 4 nitrogen and oxygen atoms in total. The van der Waals surface area contributed by atoms with Gasteiger partial charge in [-0.1, -0.05) is 42.5 Å². The van der Waals surface area contributed by atoms with Gasteiger partial charge in [-0.25, -0.2) is 4.39 Å². The average molecular weight is 390 g/mol. The number of quaternary nitrogens is 1. The van der Waals surface area contributed by atoms with E-state index in [1.165, 1.54) is 28.3 Å². The predicted molar refractivity (Wildman–Crippen MR) is 105 cm³/mol. The summed E-state index contributed by atoms with van der Waals surface area (Å²) in [7, 11) is 0. The van der Waals surface area contributed by atoms with E-state index in [-0.39, 0.29) is 29.6 Å². The van der Waals surface area contributed by atoms with E-state index in [1.54, 1.807) is 18.2 Å². The first kappa shape index (κ1) is 19.9. The molecule has 1 amide bonds. The van der Waals surface area contributed by atoms with Crippen LogP contribution in [0.3, 0.4) is 0 Å². The van der Waals surface area contributed by atoms with E-state index >= 15 is 0 Å². The standard InChI is InChI=1S/C21H25FN2O2S/c1-16(23-20(25)15-27-19-10-6-5-9-18(19)22)21(17-7-3-2-4-8-17)24-11-13-26-14-12-24/h2-10,16,21H,11-15H2,1H3,(H,23,25)/p+1/t16-,21-/m1/s1. The van der Waals surface area contributed by atoms with Crippen LogP contribution in [0.15, 0.2) is 59.5 Å². The Balaban J connectivity index is 1.64. The van der Waals surface area contributed by atoms with Gasteiger partial charge in [-0.15, -0.1) is 11.8 Å². The highest BCUT2D eigenvalue weighted by atomic mass is 32.2. The molecule has 1 aliphatic heterocycles. The van der Waals surface area contributed by atoms with Crippen LogP contribution in [0, 0.1) is 5.82 Å². The molecule has 3 rings (SSSR count). The van der Waals surface area contributed by atoms with Crippen molar-refractivity contribution in [2.24, 2.45) is 0 Å². The number of ether oxygens (including phenoxy) is 1. The molecule has 2 atom stereocenters. The summed E-state index contributed by atoms with van der Waals surface area (Å²) in [6, 6.07) is 17.0. The van der Waals surface area contributed by atoms with Gasteiger partial charge in [-0.2, -0.15) is 0 Å². The molecule has 0 aromatic heterocycles. The van der Waals surface area contributed by atoms with Gasteiger partial charge >= 0.3 is 0 Å². The Morgan fingerprint density at radius 3 is 2.52 bits per heavy atom. The van der Waals surface area contributed by atoms with E-state index in [1.807, 2.05) is 25.1 Å². The second kappa shape index (κ2) is 9.88. The molecule has 0 bridgehead atoms. The number of carbonyl (C=O) groups is 1. The van der Waals surface area contributed by atoms with Crippen LogP contribution >= 0.6 is 11.8 Å². The van der Waals surface area contributed by atoms with Crippen LogP contribution in [0.2, 0.25) is 0 Å². The summed E-state index contributed by atoms with van der Waals surface area (Å²) in [6.45, 7) is 5.37. The minimum absolute atomic E-state index is 0.0331. The van der Waals surface area contributed by atoms with E-state index in [9.17, 15) is 9.18 Å². The molecule has 27 heavy (non-hydrogen) atoms. The van der Waals surface area contributed by atoms with Crippen LogP contribution in [0.5, 0.6) is 0 Å². The number of nitrogens with one attached hydrogen (secondary N) is 2. The van der Waals surface area contributed by atoms with Crippen LogP contribution in [0.1, 0.15) is 18.5 Å². The first-order valence-corrected chi connectivity index (χ1v) is 10.3. The van der Waals surface area contributed by atoms with Crippen molar-refractivity contribution in [3.63, 3.8) is 0 Å². The molecule has 1 aliphatic rings. The fourth-order valence-electron chi connectivity index (χ4n) is 3.57. The van der Waals surface area contributed by atoms with Crippen LogP contribution in [-0.2, 0) is 9.53 Å². The van der Waals surface area contributed by atoms with Crippen molar-refractivity contribution in [3.8, 4) is 0 Å². The third-order valence-electron chi connectivity index (χ3n) is 4.82. The number of hydrogen-bond acceptors (Lipinski definition) is 3. The average Bonchev–Trinajstić information content (AvgIpc) is 2.69. The second-order valence-electron chi connectivity index (χ2n) is 6.73. The molecular weight excluding hydrogens is 363 g/mol. The Morgan fingerprint density at radius 2 is 1.81 bits per heavy atom. The number of carbonyl (C=O) groups excluding carboxylic acids is 1. The van der Waals surface area contributed by atoms with Crippen molar-refractivity contribution in [3.05, 3.63) is 66.0 Å². The lowest BCUT2D eigenvalue weighted by Gasteiger charge is -2.35. The van der Waals surface area contributed by atoms with Crippen molar-refractivity contribution in [1.82, 2.24) is 5.32 Å². The Hall–Kier alpha value is -1.89. The van der Waals surface area contributed by atoms with Gasteiger partial charge in [-0.05, 0) is 19.1 Å². The van der Waals surface area contributed by atoms with Gasteiger partial charge in [0.25, 0.3) is 0 Å². The number of hydrogen-bond donors (Lipinski definition) is 2. The van der Waals surface area contributed by atoms with Gasteiger partial charge in [0.1, 0.15) is 24.9 Å². The van der Waals surface area contributed by atoms with Crippen molar-refractivity contribution in [2.75, 3.05) is 32.1 Å². The molecule has 2 aromatic rings. The number of thioether (sulfide) groups is 1. The number of benzene rings is 2. The Labute approximate surface area is 164 Å². The highest BCUT2D eigenvalue weighted by Crippen LogP contribution is 2.21.